The minimum atomic E-state index is -0.176. The molecule has 128 valence electrons. The summed E-state index contributed by atoms with van der Waals surface area (Å²) in [6.45, 7) is 3.56. The van der Waals surface area contributed by atoms with E-state index >= 15 is 0 Å². The predicted octanol–water partition coefficient (Wildman–Crippen LogP) is 2.30. The van der Waals surface area contributed by atoms with Crippen LogP contribution in [0.5, 0.6) is 5.75 Å². The van der Waals surface area contributed by atoms with Crippen molar-refractivity contribution in [2.24, 2.45) is 0 Å². The van der Waals surface area contributed by atoms with E-state index in [-0.39, 0.29) is 11.9 Å². The van der Waals surface area contributed by atoms with Gasteiger partial charge in [-0.25, -0.2) is 0 Å². The summed E-state index contributed by atoms with van der Waals surface area (Å²) in [5.41, 5.74) is 0.526. The summed E-state index contributed by atoms with van der Waals surface area (Å²) >= 11 is 6.13. The Morgan fingerprint density at radius 2 is 2.12 bits per heavy atom. The molecule has 0 radical (unpaired) electrons. The van der Waals surface area contributed by atoms with Crippen molar-refractivity contribution in [1.82, 2.24) is 19.7 Å². The second-order valence-corrected chi connectivity index (χ2v) is 5.99. The van der Waals surface area contributed by atoms with Crippen LogP contribution >= 0.6 is 11.6 Å². The lowest BCUT2D eigenvalue weighted by atomic mass is 10.1. The first-order valence-corrected chi connectivity index (χ1v) is 8.00. The molecule has 1 amide bonds. The van der Waals surface area contributed by atoms with Gasteiger partial charge in [0.05, 0.1) is 18.2 Å². The molecule has 0 N–H and O–H groups in total. The topological polar surface area (TPSA) is 69.5 Å². The van der Waals surface area contributed by atoms with E-state index in [1.807, 2.05) is 11.5 Å². The zero-order valence-corrected chi connectivity index (χ0v) is 14.6. The summed E-state index contributed by atoms with van der Waals surface area (Å²) in [6.07, 6.45) is 0. The molecular formula is C16H19ClN4O3. The Hall–Kier alpha value is -2.12. The SMILES string of the molecule is COCc1nnc2n1CCN(C(=O)c1ccc(OC)c(Cl)c1)[C@H]2C. The highest BCUT2D eigenvalue weighted by atomic mass is 35.5. The molecule has 1 aromatic carbocycles. The van der Waals surface area contributed by atoms with Crippen molar-refractivity contribution >= 4 is 17.5 Å². The molecule has 1 aromatic heterocycles. The molecule has 0 saturated carbocycles. The fourth-order valence-corrected chi connectivity index (χ4v) is 3.18. The van der Waals surface area contributed by atoms with Crippen molar-refractivity contribution in [3.63, 3.8) is 0 Å². The van der Waals surface area contributed by atoms with Gasteiger partial charge in [-0.15, -0.1) is 10.2 Å². The van der Waals surface area contributed by atoms with Crippen LogP contribution in [0.3, 0.4) is 0 Å². The first-order valence-electron chi connectivity index (χ1n) is 7.62. The third-order valence-electron chi connectivity index (χ3n) is 4.19. The molecule has 3 rings (SSSR count). The molecule has 8 heteroatoms. The standard InChI is InChI=1S/C16H19ClN4O3/c1-10-15-19-18-14(9-23-2)21(15)7-6-20(10)16(22)11-4-5-13(24-3)12(17)8-11/h4-5,8,10H,6-7,9H2,1-3H3/t10-/m0/s1. The second-order valence-electron chi connectivity index (χ2n) is 5.58. The molecule has 0 spiro atoms. The summed E-state index contributed by atoms with van der Waals surface area (Å²) in [7, 11) is 3.16. The number of amides is 1. The maximum atomic E-state index is 12.8. The zero-order chi connectivity index (χ0) is 17.3. The fourth-order valence-electron chi connectivity index (χ4n) is 2.92. The van der Waals surface area contributed by atoms with Crippen LogP contribution in [0.1, 0.15) is 35.0 Å². The van der Waals surface area contributed by atoms with Gasteiger partial charge in [0, 0.05) is 25.8 Å². The van der Waals surface area contributed by atoms with Gasteiger partial charge in [0.2, 0.25) is 0 Å². The third-order valence-corrected chi connectivity index (χ3v) is 4.49. The number of hydrogen-bond donors (Lipinski definition) is 0. The van der Waals surface area contributed by atoms with Crippen molar-refractivity contribution in [3.8, 4) is 5.75 Å². The van der Waals surface area contributed by atoms with Crippen LogP contribution in [0.25, 0.3) is 0 Å². The lowest BCUT2D eigenvalue weighted by Crippen LogP contribution is -2.41. The van der Waals surface area contributed by atoms with Gasteiger partial charge < -0.3 is 18.9 Å². The first kappa shape index (κ1) is 16.7. The Morgan fingerprint density at radius 3 is 2.79 bits per heavy atom. The molecule has 1 aliphatic heterocycles. The summed E-state index contributed by atoms with van der Waals surface area (Å²) in [5.74, 6) is 2.00. The predicted molar refractivity (Wildman–Crippen MR) is 88.2 cm³/mol. The number of nitrogens with zero attached hydrogens (tertiary/aromatic N) is 4. The normalized spacial score (nSPS) is 16.8. The quantitative estimate of drug-likeness (QED) is 0.846. The maximum absolute atomic E-state index is 12.8. The summed E-state index contributed by atoms with van der Waals surface area (Å²) in [6, 6.07) is 4.87. The van der Waals surface area contributed by atoms with Gasteiger partial charge in [-0.1, -0.05) is 11.6 Å². The van der Waals surface area contributed by atoms with Crippen LogP contribution in [0, 0.1) is 0 Å². The molecule has 2 heterocycles. The Kier molecular flexibility index (Phi) is 4.73. The molecule has 24 heavy (non-hydrogen) atoms. The van der Waals surface area contributed by atoms with Gasteiger partial charge in [0.1, 0.15) is 12.4 Å². The van der Waals surface area contributed by atoms with Crippen LogP contribution in [0.15, 0.2) is 18.2 Å². The number of carbonyl (C=O) groups excluding carboxylic acids is 1. The van der Waals surface area contributed by atoms with Crippen molar-refractivity contribution < 1.29 is 14.3 Å². The molecule has 1 atom stereocenters. The molecule has 0 unspecified atom stereocenters. The molecular weight excluding hydrogens is 332 g/mol. The second kappa shape index (κ2) is 6.78. The minimum absolute atomic E-state index is 0.0883. The molecule has 1 aliphatic rings. The van der Waals surface area contributed by atoms with Crippen molar-refractivity contribution in [3.05, 3.63) is 40.4 Å². The van der Waals surface area contributed by atoms with Crippen LogP contribution in [0.4, 0.5) is 0 Å². The number of aromatic nitrogens is 3. The van der Waals surface area contributed by atoms with Crippen LogP contribution < -0.4 is 4.74 Å². The third kappa shape index (κ3) is 2.85. The Balaban J connectivity index is 1.85. The largest absolute Gasteiger partial charge is 0.495 e. The molecule has 0 fully saturated rings. The van der Waals surface area contributed by atoms with E-state index in [0.29, 0.717) is 36.0 Å². The summed E-state index contributed by atoms with van der Waals surface area (Å²) in [4.78, 5) is 14.6. The number of ether oxygens (including phenoxy) is 2. The summed E-state index contributed by atoms with van der Waals surface area (Å²) < 4.78 is 12.3. The van der Waals surface area contributed by atoms with Gasteiger partial charge in [-0.2, -0.15) is 0 Å². The lowest BCUT2D eigenvalue weighted by molar-refractivity contribution is 0.0632. The maximum Gasteiger partial charge on any atom is 0.254 e. The van der Waals surface area contributed by atoms with Crippen LogP contribution in [-0.2, 0) is 17.9 Å². The Bertz CT molecular complexity index is 762. The highest BCUT2D eigenvalue weighted by molar-refractivity contribution is 6.32. The molecule has 2 aromatic rings. The highest BCUT2D eigenvalue weighted by Crippen LogP contribution is 2.29. The van der Waals surface area contributed by atoms with Crippen LogP contribution in [0.2, 0.25) is 5.02 Å². The first-order chi connectivity index (χ1) is 11.6. The highest BCUT2D eigenvalue weighted by Gasteiger charge is 2.31. The summed E-state index contributed by atoms with van der Waals surface area (Å²) in [5, 5.41) is 8.79. The van der Waals surface area contributed by atoms with E-state index in [2.05, 4.69) is 10.2 Å². The van der Waals surface area contributed by atoms with E-state index < -0.39 is 0 Å². The van der Waals surface area contributed by atoms with Crippen molar-refractivity contribution in [1.29, 1.82) is 0 Å². The van der Waals surface area contributed by atoms with E-state index in [1.165, 1.54) is 0 Å². The van der Waals surface area contributed by atoms with E-state index in [9.17, 15) is 4.79 Å². The average Bonchev–Trinajstić information content (AvgIpc) is 2.99. The van der Waals surface area contributed by atoms with Crippen molar-refractivity contribution in [2.45, 2.75) is 26.1 Å². The van der Waals surface area contributed by atoms with Gasteiger partial charge >= 0.3 is 0 Å². The number of fused-ring (bicyclic) bond motifs is 1. The smallest absolute Gasteiger partial charge is 0.254 e. The average molecular weight is 351 g/mol. The fraction of sp³-hybridized carbons (Fsp3) is 0.438. The molecule has 0 saturated heterocycles. The van der Waals surface area contributed by atoms with Gasteiger partial charge in [0.15, 0.2) is 11.6 Å². The Labute approximate surface area is 145 Å². The van der Waals surface area contributed by atoms with E-state index in [0.717, 1.165) is 11.6 Å². The molecule has 0 aliphatic carbocycles. The molecule has 7 nitrogen and oxygen atoms in total. The lowest BCUT2D eigenvalue weighted by Gasteiger charge is -2.33. The number of halogens is 1. The van der Waals surface area contributed by atoms with E-state index in [4.69, 9.17) is 21.1 Å². The number of methoxy groups -OCH3 is 2. The molecule has 0 bridgehead atoms. The van der Waals surface area contributed by atoms with Gasteiger partial charge in [0.25, 0.3) is 5.91 Å². The van der Waals surface area contributed by atoms with Gasteiger partial charge in [-0.3, -0.25) is 4.79 Å². The monoisotopic (exact) mass is 350 g/mol. The van der Waals surface area contributed by atoms with Crippen LogP contribution in [-0.4, -0.2) is 46.3 Å². The zero-order valence-electron chi connectivity index (χ0n) is 13.8. The number of carbonyl (C=O) groups is 1. The number of benzene rings is 1. The Morgan fingerprint density at radius 1 is 1.33 bits per heavy atom. The number of hydrogen-bond acceptors (Lipinski definition) is 5. The van der Waals surface area contributed by atoms with Gasteiger partial charge in [-0.05, 0) is 25.1 Å². The van der Waals surface area contributed by atoms with E-state index in [1.54, 1.807) is 37.3 Å². The minimum Gasteiger partial charge on any atom is -0.495 e. The number of rotatable bonds is 4. The van der Waals surface area contributed by atoms with Crippen molar-refractivity contribution in [2.75, 3.05) is 20.8 Å².